The summed E-state index contributed by atoms with van der Waals surface area (Å²) in [4.78, 5) is 4.62. The first-order valence-corrected chi connectivity index (χ1v) is 6.89. The van der Waals surface area contributed by atoms with Gasteiger partial charge in [-0.3, -0.25) is 0 Å². The molecule has 0 unspecified atom stereocenters. The molecule has 1 aromatic carbocycles. The van der Waals surface area contributed by atoms with E-state index in [0.29, 0.717) is 22.2 Å². The van der Waals surface area contributed by atoms with Crippen molar-refractivity contribution in [2.75, 3.05) is 0 Å². The zero-order valence-electron chi connectivity index (χ0n) is 11.5. The maximum Gasteiger partial charge on any atom is 0.230 e. The van der Waals surface area contributed by atoms with E-state index < -0.39 is 0 Å². The largest absolute Gasteiger partial charge is 0.437 e. The van der Waals surface area contributed by atoms with Crippen LogP contribution < -0.4 is 10.5 Å². The summed E-state index contributed by atoms with van der Waals surface area (Å²) in [6, 6.07) is 7.47. The van der Waals surface area contributed by atoms with Gasteiger partial charge in [-0.25, -0.2) is 4.98 Å². The van der Waals surface area contributed by atoms with Gasteiger partial charge in [0.05, 0.1) is 10.6 Å². The van der Waals surface area contributed by atoms with Gasteiger partial charge in [-0.05, 0) is 50.1 Å². The van der Waals surface area contributed by atoms with Gasteiger partial charge in [-0.2, -0.15) is 0 Å². The summed E-state index contributed by atoms with van der Waals surface area (Å²) in [5.74, 6) is 0.924. The summed E-state index contributed by atoms with van der Waals surface area (Å²) in [6.45, 7) is 5.78. The number of ether oxygens (including phenoxy) is 1. The standard InChI is InChI=1S/C15H15ClN2OS/c1-8-4-5-12(11(16)6-8)19-15-13(14(17)20)9(2)7-10(3)18-15/h4-7H,1-3H3,(H2,17,20). The monoisotopic (exact) mass is 306 g/mol. The number of aryl methyl sites for hydroxylation is 3. The van der Waals surface area contributed by atoms with Crippen molar-refractivity contribution in [3.63, 3.8) is 0 Å². The Bertz CT molecular complexity index is 686. The van der Waals surface area contributed by atoms with Gasteiger partial charge in [-0.15, -0.1) is 0 Å². The number of nitrogens with zero attached hydrogens (tertiary/aromatic N) is 1. The van der Waals surface area contributed by atoms with Gasteiger partial charge in [-0.1, -0.05) is 29.9 Å². The van der Waals surface area contributed by atoms with Gasteiger partial charge in [0.1, 0.15) is 10.7 Å². The van der Waals surface area contributed by atoms with Crippen LogP contribution in [-0.2, 0) is 0 Å². The van der Waals surface area contributed by atoms with Crippen molar-refractivity contribution < 1.29 is 4.74 Å². The van der Waals surface area contributed by atoms with E-state index >= 15 is 0 Å². The molecule has 0 saturated carbocycles. The molecule has 3 nitrogen and oxygen atoms in total. The molecule has 0 atom stereocenters. The highest BCUT2D eigenvalue weighted by molar-refractivity contribution is 7.80. The molecular formula is C15H15ClN2OS. The molecule has 0 aliphatic carbocycles. The van der Waals surface area contributed by atoms with Crippen molar-refractivity contribution >= 4 is 28.8 Å². The van der Waals surface area contributed by atoms with Crippen LogP contribution in [0.4, 0.5) is 0 Å². The first-order chi connectivity index (χ1) is 9.38. The maximum absolute atomic E-state index is 6.17. The molecule has 0 aliphatic rings. The molecule has 1 aromatic heterocycles. The number of hydrogen-bond acceptors (Lipinski definition) is 3. The third-order valence-corrected chi connectivity index (χ3v) is 3.35. The van der Waals surface area contributed by atoms with Crippen LogP contribution in [0.3, 0.4) is 0 Å². The highest BCUT2D eigenvalue weighted by Gasteiger charge is 2.15. The summed E-state index contributed by atoms with van der Waals surface area (Å²) in [5, 5.41) is 0.528. The Balaban J connectivity index is 2.50. The van der Waals surface area contributed by atoms with Crippen molar-refractivity contribution in [2.45, 2.75) is 20.8 Å². The molecular weight excluding hydrogens is 292 g/mol. The van der Waals surface area contributed by atoms with Crippen molar-refractivity contribution in [3.05, 3.63) is 51.7 Å². The second-order valence-electron chi connectivity index (χ2n) is 4.66. The van der Waals surface area contributed by atoms with Gasteiger partial charge < -0.3 is 10.5 Å². The molecule has 2 N–H and O–H groups in total. The topological polar surface area (TPSA) is 48.1 Å². The third-order valence-electron chi connectivity index (χ3n) is 2.85. The SMILES string of the molecule is Cc1ccc(Oc2nc(C)cc(C)c2C(N)=S)c(Cl)c1. The van der Waals surface area contributed by atoms with Crippen LogP contribution in [0.15, 0.2) is 24.3 Å². The van der Waals surface area contributed by atoms with E-state index in [4.69, 9.17) is 34.3 Å². The van der Waals surface area contributed by atoms with E-state index in [1.54, 1.807) is 6.07 Å². The molecule has 0 radical (unpaired) electrons. The predicted molar refractivity (Wildman–Crippen MR) is 85.9 cm³/mol. The lowest BCUT2D eigenvalue weighted by atomic mass is 10.1. The molecule has 1 heterocycles. The lowest BCUT2D eigenvalue weighted by Crippen LogP contribution is -2.14. The second kappa shape index (κ2) is 5.77. The highest BCUT2D eigenvalue weighted by atomic mass is 35.5. The number of aromatic nitrogens is 1. The Morgan fingerprint density at radius 2 is 1.95 bits per heavy atom. The molecule has 0 spiro atoms. The van der Waals surface area contributed by atoms with Crippen molar-refractivity contribution in [1.29, 1.82) is 0 Å². The molecule has 20 heavy (non-hydrogen) atoms. The minimum atomic E-state index is 0.258. The van der Waals surface area contributed by atoms with E-state index in [0.717, 1.165) is 16.8 Å². The molecule has 0 saturated heterocycles. The van der Waals surface area contributed by atoms with E-state index in [1.807, 2.05) is 39.0 Å². The summed E-state index contributed by atoms with van der Waals surface area (Å²) in [5.41, 5.74) is 9.23. The van der Waals surface area contributed by atoms with E-state index in [9.17, 15) is 0 Å². The van der Waals surface area contributed by atoms with Crippen LogP contribution in [0, 0.1) is 20.8 Å². The van der Waals surface area contributed by atoms with Crippen LogP contribution in [0.25, 0.3) is 0 Å². The molecule has 0 aliphatic heterocycles. The normalized spacial score (nSPS) is 10.4. The number of thiocarbonyl (C=S) groups is 1. The summed E-state index contributed by atoms with van der Waals surface area (Å²) in [6.07, 6.45) is 0. The minimum absolute atomic E-state index is 0.258. The Kier molecular flexibility index (Phi) is 4.26. The Morgan fingerprint density at radius 3 is 2.55 bits per heavy atom. The van der Waals surface area contributed by atoms with Crippen LogP contribution >= 0.6 is 23.8 Å². The van der Waals surface area contributed by atoms with Gasteiger partial charge in [0.25, 0.3) is 0 Å². The molecule has 0 amide bonds. The predicted octanol–water partition coefficient (Wildman–Crippen LogP) is 4.09. The third kappa shape index (κ3) is 3.08. The van der Waals surface area contributed by atoms with Gasteiger partial charge in [0.2, 0.25) is 5.88 Å². The summed E-state index contributed by atoms with van der Waals surface area (Å²) in [7, 11) is 0. The first kappa shape index (κ1) is 14.8. The Morgan fingerprint density at radius 1 is 1.25 bits per heavy atom. The number of benzene rings is 1. The second-order valence-corrected chi connectivity index (χ2v) is 5.51. The average molecular weight is 307 g/mol. The average Bonchev–Trinajstić information content (AvgIpc) is 2.31. The number of hydrogen-bond donors (Lipinski definition) is 1. The summed E-state index contributed by atoms with van der Waals surface area (Å²) >= 11 is 11.2. The number of halogens is 1. The zero-order chi connectivity index (χ0) is 14.9. The quantitative estimate of drug-likeness (QED) is 0.868. The summed E-state index contributed by atoms with van der Waals surface area (Å²) < 4.78 is 5.81. The Labute approximate surface area is 128 Å². The Hall–Kier alpha value is -1.65. The van der Waals surface area contributed by atoms with E-state index in [-0.39, 0.29) is 4.99 Å². The lowest BCUT2D eigenvalue weighted by molar-refractivity contribution is 0.460. The fourth-order valence-corrected chi connectivity index (χ4v) is 2.49. The van der Waals surface area contributed by atoms with Crippen LogP contribution in [0.1, 0.15) is 22.4 Å². The van der Waals surface area contributed by atoms with Crippen molar-refractivity contribution in [2.24, 2.45) is 5.73 Å². The smallest absolute Gasteiger partial charge is 0.230 e. The first-order valence-electron chi connectivity index (χ1n) is 6.10. The van der Waals surface area contributed by atoms with Crippen LogP contribution in [0.5, 0.6) is 11.6 Å². The lowest BCUT2D eigenvalue weighted by Gasteiger charge is -2.13. The number of pyridine rings is 1. The fourth-order valence-electron chi connectivity index (χ4n) is 1.97. The molecule has 0 bridgehead atoms. The molecule has 0 fully saturated rings. The van der Waals surface area contributed by atoms with E-state index in [2.05, 4.69) is 4.98 Å². The van der Waals surface area contributed by atoms with Crippen LogP contribution in [0.2, 0.25) is 5.02 Å². The van der Waals surface area contributed by atoms with Gasteiger partial charge in [0, 0.05) is 5.69 Å². The van der Waals surface area contributed by atoms with Gasteiger partial charge in [0.15, 0.2) is 0 Å². The molecule has 2 rings (SSSR count). The minimum Gasteiger partial charge on any atom is -0.437 e. The number of rotatable bonds is 3. The molecule has 104 valence electrons. The van der Waals surface area contributed by atoms with E-state index in [1.165, 1.54) is 0 Å². The van der Waals surface area contributed by atoms with Crippen molar-refractivity contribution in [3.8, 4) is 11.6 Å². The van der Waals surface area contributed by atoms with Crippen molar-refractivity contribution in [1.82, 2.24) is 4.98 Å². The fraction of sp³-hybridized carbons (Fsp3) is 0.200. The maximum atomic E-state index is 6.17. The van der Waals surface area contributed by atoms with Crippen LogP contribution in [-0.4, -0.2) is 9.97 Å². The highest BCUT2D eigenvalue weighted by Crippen LogP contribution is 2.32. The molecule has 5 heteroatoms. The number of nitrogens with two attached hydrogens (primary N) is 1. The zero-order valence-corrected chi connectivity index (χ0v) is 13.1. The molecule has 2 aromatic rings. The van der Waals surface area contributed by atoms with Gasteiger partial charge >= 0.3 is 0 Å².